The Morgan fingerprint density at radius 3 is 2.54 bits per heavy atom. The van der Waals surface area contributed by atoms with E-state index in [1.165, 1.54) is 5.56 Å². The van der Waals surface area contributed by atoms with E-state index in [-0.39, 0.29) is 18.2 Å². The molecule has 1 saturated heterocycles. The van der Waals surface area contributed by atoms with Crippen molar-refractivity contribution in [2.45, 2.75) is 63.9 Å². The summed E-state index contributed by atoms with van der Waals surface area (Å²) >= 11 is 0. The van der Waals surface area contributed by atoms with Crippen LogP contribution >= 0.6 is 0 Å². The number of rotatable bonds is 3. The minimum Gasteiger partial charge on any atom is -0.458 e. The molecular weight excluding hydrogens is 300 g/mol. The third-order valence-corrected chi connectivity index (χ3v) is 5.21. The molecule has 0 radical (unpaired) electrons. The molecule has 1 saturated carbocycles. The van der Waals surface area contributed by atoms with E-state index in [0.29, 0.717) is 25.2 Å². The summed E-state index contributed by atoms with van der Waals surface area (Å²) in [4.78, 5) is 23.8. The number of cyclic esters (lactones) is 1. The Bertz CT molecular complexity index is 653. The maximum atomic E-state index is 12.0. The van der Waals surface area contributed by atoms with E-state index in [1.807, 2.05) is 24.3 Å². The highest BCUT2D eigenvalue weighted by atomic mass is 16.6. The van der Waals surface area contributed by atoms with Crippen LogP contribution in [0.15, 0.2) is 24.3 Å². The number of ether oxygens (including phenoxy) is 1. The highest BCUT2D eigenvalue weighted by molar-refractivity contribution is 5.98. The second-order valence-electron chi connectivity index (χ2n) is 7.08. The zero-order chi connectivity index (χ0) is 17.0. The van der Waals surface area contributed by atoms with Gasteiger partial charge in [0.2, 0.25) is 0 Å². The Hall–Kier alpha value is -2.08. The summed E-state index contributed by atoms with van der Waals surface area (Å²) in [5.74, 6) is 6.33. The number of benzene rings is 1. The Morgan fingerprint density at radius 1 is 1.17 bits per heavy atom. The second-order valence-corrected chi connectivity index (χ2v) is 7.08. The van der Waals surface area contributed by atoms with Gasteiger partial charge in [-0.1, -0.05) is 42.4 Å². The van der Waals surface area contributed by atoms with Crippen molar-refractivity contribution in [1.82, 2.24) is 0 Å². The van der Waals surface area contributed by atoms with E-state index >= 15 is 0 Å². The summed E-state index contributed by atoms with van der Waals surface area (Å²) in [6.45, 7) is 2.05. The Morgan fingerprint density at radius 2 is 1.88 bits per heavy atom. The van der Waals surface area contributed by atoms with E-state index in [1.54, 1.807) is 0 Å². The van der Waals surface area contributed by atoms with Crippen LogP contribution in [0.1, 0.15) is 62.5 Å². The largest absolute Gasteiger partial charge is 0.458 e. The highest BCUT2D eigenvalue weighted by Crippen LogP contribution is 2.43. The fourth-order valence-electron chi connectivity index (χ4n) is 3.95. The number of hydrogen-bond acceptors (Lipinski definition) is 3. The number of carbonyl (C=O) groups is 2. The number of Topliss-reactive ketones (excluding diaryl/α,β-unsaturated/α-hetero) is 1. The molecule has 1 aromatic rings. The molecule has 1 aliphatic carbocycles. The molecular formula is C21H24O3. The Balaban J connectivity index is 1.69. The number of aryl methyl sites for hydroxylation is 1. The summed E-state index contributed by atoms with van der Waals surface area (Å²) in [5.41, 5.74) is 1.60. The predicted octanol–water partition coefficient (Wildman–Crippen LogP) is 3.96. The maximum absolute atomic E-state index is 12.0. The van der Waals surface area contributed by atoms with Crippen LogP contribution in [0.4, 0.5) is 0 Å². The Kier molecular flexibility index (Phi) is 5.04. The second kappa shape index (κ2) is 7.21. The molecule has 1 unspecified atom stereocenters. The van der Waals surface area contributed by atoms with Gasteiger partial charge in [-0.2, -0.15) is 0 Å². The summed E-state index contributed by atoms with van der Waals surface area (Å²) in [7, 11) is 0. The molecule has 0 amide bonds. The van der Waals surface area contributed by atoms with Crippen LogP contribution < -0.4 is 0 Å². The van der Waals surface area contributed by atoms with Gasteiger partial charge in [0.05, 0.1) is 0 Å². The first-order valence-electron chi connectivity index (χ1n) is 8.86. The van der Waals surface area contributed by atoms with Crippen molar-refractivity contribution >= 4 is 11.8 Å². The first-order valence-corrected chi connectivity index (χ1v) is 8.86. The van der Waals surface area contributed by atoms with Crippen molar-refractivity contribution in [2.24, 2.45) is 5.92 Å². The van der Waals surface area contributed by atoms with Crippen LogP contribution in [0.2, 0.25) is 0 Å². The fourth-order valence-corrected chi connectivity index (χ4v) is 3.95. The van der Waals surface area contributed by atoms with Gasteiger partial charge in [-0.05, 0) is 44.2 Å². The molecule has 0 N–H and O–H groups in total. The molecule has 2 fully saturated rings. The van der Waals surface area contributed by atoms with Crippen molar-refractivity contribution in [3.8, 4) is 11.8 Å². The van der Waals surface area contributed by atoms with Crippen molar-refractivity contribution in [3.05, 3.63) is 35.4 Å². The van der Waals surface area contributed by atoms with Gasteiger partial charge in [-0.15, -0.1) is 0 Å². The standard InChI is InChI=1S/C21H24O3/c1-16-9-11-17(12-10-16)6-4-5-13-21(18-7-2-3-8-18)15-19(22)14-20(23)24-21/h9-12,18H,2-3,5,7-8,13-15H2,1H3. The third-order valence-electron chi connectivity index (χ3n) is 5.21. The molecule has 1 aromatic carbocycles. The van der Waals surface area contributed by atoms with E-state index in [9.17, 15) is 9.59 Å². The molecule has 0 spiro atoms. The molecule has 0 bridgehead atoms. The zero-order valence-corrected chi connectivity index (χ0v) is 14.3. The average Bonchev–Trinajstić information content (AvgIpc) is 3.07. The van der Waals surface area contributed by atoms with Crippen LogP contribution in [-0.2, 0) is 14.3 Å². The molecule has 1 atom stereocenters. The van der Waals surface area contributed by atoms with Gasteiger partial charge in [0.1, 0.15) is 17.8 Å². The van der Waals surface area contributed by atoms with Gasteiger partial charge < -0.3 is 4.74 Å². The van der Waals surface area contributed by atoms with Gasteiger partial charge >= 0.3 is 5.97 Å². The van der Waals surface area contributed by atoms with Gasteiger partial charge in [0.25, 0.3) is 0 Å². The molecule has 2 aliphatic rings. The maximum Gasteiger partial charge on any atom is 0.313 e. The van der Waals surface area contributed by atoms with Crippen LogP contribution in [0.5, 0.6) is 0 Å². The molecule has 3 heteroatoms. The molecule has 3 nitrogen and oxygen atoms in total. The molecule has 0 aromatic heterocycles. The number of esters is 1. The topological polar surface area (TPSA) is 43.4 Å². The zero-order valence-electron chi connectivity index (χ0n) is 14.3. The van der Waals surface area contributed by atoms with E-state index in [4.69, 9.17) is 4.74 Å². The van der Waals surface area contributed by atoms with Crippen LogP contribution in [-0.4, -0.2) is 17.4 Å². The number of carbonyl (C=O) groups excluding carboxylic acids is 2. The lowest BCUT2D eigenvalue weighted by Crippen LogP contribution is -2.47. The molecule has 126 valence electrons. The quantitative estimate of drug-likeness (QED) is 0.480. The lowest BCUT2D eigenvalue weighted by atomic mass is 9.76. The van der Waals surface area contributed by atoms with Gasteiger partial charge in [-0.25, -0.2) is 0 Å². The first kappa shape index (κ1) is 16.8. The Labute approximate surface area is 143 Å². The number of ketones is 1. The summed E-state index contributed by atoms with van der Waals surface area (Å²) in [5, 5.41) is 0. The lowest BCUT2D eigenvalue weighted by Gasteiger charge is -2.40. The molecule has 1 heterocycles. The van der Waals surface area contributed by atoms with Crippen LogP contribution in [0.3, 0.4) is 0 Å². The SMILES string of the molecule is Cc1ccc(C#CCCC2(C3CCCC3)CC(=O)CC(=O)O2)cc1. The molecule has 3 rings (SSSR count). The minimum atomic E-state index is -0.606. The minimum absolute atomic E-state index is 0.0182. The first-order chi connectivity index (χ1) is 11.6. The van der Waals surface area contributed by atoms with Crippen LogP contribution in [0.25, 0.3) is 0 Å². The monoisotopic (exact) mass is 324 g/mol. The average molecular weight is 324 g/mol. The van der Waals surface area contributed by atoms with Gasteiger partial charge in [-0.3, -0.25) is 9.59 Å². The van der Waals surface area contributed by atoms with Crippen LogP contribution in [0, 0.1) is 24.7 Å². The third kappa shape index (κ3) is 3.87. The fraction of sp³-hybridized carbons (Fsp3) is 0.524. The normalized spacial score (nSPS) is 24.4. The van der Waals surface area contributed by atoms with Gasteiger partial charge in [0.15, 0.2) is 0 Å². The lowest BCUT2D eigenvalue weighted by molar-refractivity contribution is -0.178. The van der Waals surface area contributed by atoms with Crippen molar-refractivity contribution in [3.63, 3.8) is 0 Å². The number of hydrogen-bond donors (Lipinski definition) is 0. The molecule has 24 heavy (non-hydrogen) atoms. The summed E-state index contributed by atoms with van der Waals surface area (Å²) < 4.78 is 5.77. The molecule has 1 aliphatic heterocycles. The van der Waals surface area contributed by atoms with Crippen molar-refractivity contribution in [1.29, 1.82) is 0 Å². The predicted molar refractivity (Wildman–Crippen MR) is 92.3 cm³/mol. The highest BCUT2D eigenvalue weighted by Gasteiger charge is 2.47. The van der Waals surface area contributed by atoms with Crippen molar-refractivity contribution < 1.29 is 14.3 Å². The summed E-state index contributed by atoms with van der Waals surface area (Å²) in [6.07, 6.45) is 6.02. The summed E-state index contributed by atoms with van der Waals surface area (Å²) in [6, 6.07) is 8.12. The van der Waals surface area contributed by atoms with E-state index in [0.717, 1.165) is 31.2 Å². The van der Waals surface area contributed by atoms with Crippen molar-refractivity contribution in [2.75, 3.05) is 0 Å². The van der Waals surface area contributed by atoms with Gasteiger partial charge in [0, 0.05) is 18.4 Å². The van der Waals surface area contributed by atoms with E-state index < -0.39 is 5.60 Å². The van der Waals surface area contributed by atoms with E-state index in [2.05, 4.69) is 18.8 Å². The smallest absolute Gasteiger partial charge is 0.313 e.